The van der Waals surface area contributed by atoms with E-state index in [9.17, 15) is 4.79 Å². The van der Waals surface area contributed by atoms with Gasteiger partial charge in [0.25, 0.3) is 0 Å². The second-order valence-electron chi connectivity index (χ2n) is 2.74. The van der Waals surface area contributed by atoms with Crippen molar-refractivity contribution in [3.63, 3.8) is 0 Å². The molecule has 1 amide bonds. The van der Waals surface area contributed by atoms with Gasteiger partial charge in [-0.3, -0.25) is 0 Å². The number of hydroxylamine groups is 2. The molecule has 3 nitrogen and oxygen atoms in total. The summed E-state index contributed by atoms with van der Waals surface area (Å²) in [4.78, 5) is 16.2. The largest absolute Gasteiger partial charge is 0.107 e. The molecule has 0 atom stereocenters. The van der Waals surface area contributed by atoms with Crippen LogP contribution in [0.15, 0.2) is 30.3 Å². The van der Waals surface area contributed by atoms with E-state index in [-0.39, 0.29) is 28.5 Å². The molecule has 0 saturated heterocycles. The molecule has 0 N–H and O–H groups in total. The van der Waals surface area contributed by atoms with Crippen molar-refractivity contribution in [2.24, 2.45) is 0 Å². The second kappa shape index (κ2) is 7.32. The fourth-order valence-corrected chi connectivity index (χ4v) is 3.52. The molecule has 1 aromatic rings. The maximum absolute atomic E-state index is 11.4. The zero-order valence-corrected chi connectivity index (χ0v) is 13.6. The Morgan fingerprint density at radius 2 is 1.93 bits per heavy atom. The minimum Gasteiger partial charge on any atom is -0.107 e. The minimum atomic E-state index is -1.33. The van der Waals surface area contributed by atoms with Gasteiger partial charge in [-0.15, -0.1) is 24.0 Å². The van der Waals surface area contributed by atoms with Crippen LogP contribution in [0.5, 0.6) is 0 Å². The van der Waals surface area contributed by atoms with Crippen LogP contribution in [0.2, 0.25) is 0 Å². The van der Waals surface area contributed by atoms with Gasteiger partial charge < -0.3 is 0 Å². The van der Waals surface area contributed by atoms with Gasteiger partial charge in [0, 0.05) is 0 Å². The van der Waals surface area contributed by atoms with E-state index in [4.69, 9.17) is 4.84 Å². The van der Waals surface area contributed by atoms with E-state index in [1.807, 2.05) is 30.3 Å². The summed E-state index contributed by atoms with van der Waals surface area (Å²) < 4.78 is 1.32. The van der Waals surface area contributed by atoms with Gasteiger partial charge in [-0.2, -0.15) is 0 Å². The minimum absolute atomic E-state index is 0. The monoisotopic (exact) mass is 357 g/mol. The van der Waals surface area contributed by atoms with Gasteiger partial charge in [0.15, 0.2) is 0 Å². The molecule has 0 spiro atoms. The number of benzene rings is 1. The number of halogens is 1. The summed E-state index contributed by atoms with van der Waals surface area (Å²) >= 11 is -1.33. The molecular formula is C9H12INO2Zn. The number of carbonyl (C=O) groups is 1. The van der Waals surface area contributed by atoms with Crippen LogP contribution < -0.4 is 4.16 Å². The van der Waals surface area contributed by atoms with Gasteiger partial charge in [-0.25, -0.2) is 0 Å². The molecule has 0 aromatic heterocycles. The molecule has 5 heteroatoms. The van der Waals surface area contributed by atoms with Crippen LogP contribution in [0.4, 0.5) is 4.79 Å². The SMILES string of the molecule is CON(C)[C](=O)[Zn][c]1ccccc1.I. The number of amides is 1. The smallest absolute Gasteiger partial charge is 0.107 e. The molecule has 1 aromatic carbocycles. The number of nitrogens with zero attached hydrogens (tertiary/aromatic N) is 1. The quantitative estimate of drug-likeness (QED) is 0.467. The van der Waals surface area contributed by atoms with E-state index >= 15 is 0 Å². The Morgan fingerprint density at radius 1 is 1.36 bits per heavy atom. The summed E-state index contributed by atoms with van der Waals surface area (Å²) in [5, 5.41) is 1.31. The maximum atomic E-state index is 11.4. The van der Waals surface area contributed by atoms with E-state index < -0.39 is 17.1 Å². The Morgan fingerprint density at radius 3 is 2.43 bits per heavy atom. The van der Waals surface area contributed by atoms with Gasteiger partial charge in [-0.1, -0.05) is 0 Å². The van der Waals surface area contributed by atoms with Crippen LogP contribution >= 0.6 is 24.0 Å². The number of carbonyl (C=O) groups excluding carboxylic acids is 1. The van der Waals surface area contributed by atoms with E-state index in [2.05, 4.69) is 0 Å². The first-order chi connectivity index (χ1) is 6.24. The Labute approximate surface area is 108 Å². The number of hydrogen-bond donors (Lipinski definition) is 0. The van der Waals surface area contributed by atoms with Crippen LogP contribution in [-0.2, 0) is 22.0 Å². The molecule has 0 aliphatic carbocycles. The zero-order valence-electron chi connectivity index (χ0n) is 8.27. The van der Waals surface area contributed by atoms with E-state index in [1.165, 1.54) is 16.3 Å². The molecule has 0 saturated carbocycles. The first-order valence-electron chi connectivity index (χ1n) is 4.08. The molecule has 0 aliphatic heterocycles. The summed E-state index contributed by atoms with van der Waals surface area (Å²) in [6, 6.07) is 9.88. The fraction of sp³-hybridized carbons (Fsp3) is 0.222. The standard InChI is InChI=1S/C6H5.C3H6NO2.HI.Zn/c1-2-4-6-5-3-1;1-4(3-5)6-2;;/h1-5H;1-2H3;1H;. The normalized spacial score (nSPS) is 8.43. The molecule has 1 rings (SSSR count). The van der Waals surface area contributed by atoms with Crippen molar-refractivity contribution in [1.82, 2.24) is 5.06 Å². The Bertz CT molecular complexity index is 281. The maximum Gasteiger partial charge on any atom is -0.107 e. The Kier molecular flexibility index (Phi) is 7.32. The predicted octanol–water partition coefficient (Wildman–Crippen LogP) is 1.63. The topological polar surface area (TPSA) is 29.5 Å². The third-order valence-corrected chi connectivity index (χ3v) is 5.24. The van der Waals surface area contributed by atoms with Crippen molar-refractivity contribution in [2.75, 3.05) is 14.2 Å². The summed E-state index contributed by atoms with van der Waals surface area (Å²) in [6.07, 6.45) is 0. The van der Waals surface area contributed by atoms with Gasteiger partial charge in [0.2, 0.25) is 0 Å². The van der Waals surface area contributed by atoms with Crippen LogP contribution in [-0.4, -0.2) is 23.7 Å². The van der Waals surface area contributed by atoms with Crippen molar-refractivity contribution in [2.45, 2.75) is 0 Å². The van der Waals surface area contributed by atoms with Gasteiger partial charge in [0.05, 0.1) is 0 Å². The van der Waals surface area contributed by atoms with Crippen LogP contribution in [0.25, 0.3) is 0 Å². The van der Waals surface area contributed by atoms with Crippen molar-refractivity contribution >= 4 is 32.6 Å². The van der Waals surface area contributed by atoms with Crippen molar-refractivity contribution < 1.29 is 26.8 Å². The number of hydrogen-bond acceptors (Lipinski definition) is 2. The summed E-state index contributed by atoms with van der Waals surface area (Å²) in [7, 11) is 3.15. The van der Waals surface area contributed by atoms with E-state index in [0.29, 0.717) is 0 Å². The second-order valence-corrected chi connectivity index (χ2v) is 6.46. The summed E-state index contributed by atoms with van der Waals surface area (Å²) in [6.45, 7) is 0. The zero-order chi connectivity index (χ0) is 9.68. The van der Waals surface area contributed by atoms with Crippen molar-refractivity contribution in [3.05, 3.63) is 30.3 Å². The molecule has 0 radical (unpaired) electrons. The molecule has 0 fully saturated rings. The number of rotatable bonds is 3. The summed E-state index contributed by atoms with van der Waals surface area (Å²) in [5.41, 5.74) is 0. The fourth-order valence-electron chi connectivity index (χ4n) is 0.984. The Balaban J connectivity index is 0.00000169. The molecule has 0 aliphatic rings. The molecule has 0 bridgehead atoms. The van der Waals surface area contributed by atoms with Gasteiger partial charge >= 0.3 is 85.0 Å². The average Bonchev–Trinajstić information content (AvgIpc) is 2.18. The molecule has 74 valence electrons. The first kappa shape index (κ1) is 14.0. The van der Waals surface area contributed by atoms with Crippen molar-refractivity contribution in [3.8, 4) is 0 Å². The summed E-state index contributed by atoms with van der Waals surface area (Å²) in [5.74, 6) is 0. The third-order valence-electron chi connectivity index (χ3n) is 1.82. The molecular weight excluding hydrogens is 346 g/mol. The molecule has 14 heavy (non-hydrogen) atoms. The predicted molar refractivity (Wildman–Crippen MR) is 61.7 cm³/mol. The molecule has 0 unspecified atom stereocenters. The van der Waals surface area contributed by atoms with Crippen molar-refractivity contribution in [1.29, 1.82) is 0 Å². The average molecular weight is 358 g/mol. The van der Waals surface area contributed by atoms with Crippen LogP contribution in [0, 0.1) is 0 Å². The van der Waals surface area contributed by atoms with Crippen LogP contribution in [0.1, 0.15) is 0 Å². The Hall–Kier alpha value is 0.00338. The third kappa shape index (κ3) is 4.48. The van der Waals surface area contributed by atoms with E-state index in [1.54, 1.807) is 7.05 Å². The van der Waals surface area contributed by atoms with Gasteiger partial charge in [-0.05, 0) is 0 Å². The first-order valence-corrected chi connectivity index (χ1v) is 7.05. The van der Waals surface area contributed by atoms with E-state index in [0.717, 1.165) is 0 Å². The van der Waals surface area contributed by atoms with Gasteiger partial charge in [0.1, 0.15) is 0 Å². The van der Waals surface area contributed by atoms with Crippen LogP contribution in [0.3, 0.4) is 0 Å². The molecule has 0 heterocycles.